The Balaban J connectivity index is 1.44. The number of anilines is 1. The average molecular weight is 449 g/mol. The van der Waals surface area contributed by atoms with Crippen molar-refractivity contribution in [2.75, 3.05) is 24.3 Å². The fourth-order valence-corrected chi connectivity index (χ4v) is 4.35. The summed E-state index contributed by atoms with van der Waals surface area (Å²) in [6.07, 6.45) is 0.809. The molecule has 11 heteroatoms. The molecule has 1 aromatic heterocycles. The predicted molar refractivity (Wildman–Crippen MR) is 113 cm³/mol. The summed E-state index contributed by atoms with van der Waals surface area (Å²) in [5.74, 6) is 1.21. The number of hydrogen-bond donors (Lipinski definition) is 2. The Labute approximate surface area is 177 Å². The molecule has 30 heavy (non-hydrogen) atoms. The van der Waals surface area contributed by atoms with Crippen LogP contribution in [0.3, 0.4) is 0 Å². The van der Waals surface area contributed by atoms with E-state index in [9.17, 15) is 13.2 Å². The third-order valence-corrected chi connectivity index (χ3v) is 6.44. The molecule has 0 spiro atoms. The summed E-state index contributed by atoms with van der Waals surface area (Å²) in [6, 6.07) is 9.78. The van der Waals surface area contributed by atoms with Crippen LogP contribution in [0.5, 0.6) is 11.5 Å². The van der Waals surface area contributed by atoms with Gasteiger partial charge in [0.2, 0.25) is 15.9 Å². The van der Waals surface area contributed by atoms with Crippen LogP contribution in [0, 0.1) is 0 Å². The molecular formula is C19H20N4O5S2. The first kappa shape index (κ1) is 20.5. The van der Waals surface area contributed by atoms with Gasteiger partial charge < -0.3 is 19.4 Å². The molecule has 0 aliphatic carbocycles. The molecule has 0 atom stereocenters. The number of thioether (sulfide) groups is 1. The van der Waals surface area contributed by atoms with Crippen LogP contribution in [-0.2, 0) is 21.9 Å². The predicted octanol–water partition coefficient (Wildman–Crippen LogP) is 2.11. The van der Waals surface area contributed by atoms with Crippen molar-refractivity contribution in [3.8, 4) is 11.5 Å². The number of nitrogens with zero attached hydrogens (tertiary/aromatic N) is 2. The van der Waals surface area contributed by atoms with E-state index in [2.05, 4.69) is 10.3 Å². The number of fused-ring (bicyclic) bond motifs is 2. The van der Waals surface area contributed by atoms with E-state index in [0.717, 1.165) is 11.9 Å². The van der Waals surface area contributed by atoms with E-state index in [0.29, 0.717) is 41.1 Å². The molecule has 0 unspecified atom stereocenters. The van der Waals surface area contributed by atoms with Crippen molar-refractivity contribution in [1.82, 2.24) is 9.55 Å². The highest BCUT2D eigenvalue weighted by atomic mass is 32.2. The number of primary sulfonamides is 1. The minimum Gasteiger partial charge on any atom is -0.490 e. The van der Waals surface area contributed by atoms with Crippen molar-refractivity contribution in [2.24, 2.45) is 12.2 Å². The van der Waals surface area contributed by atoms with E-state index in [-0.39, 0.29) is 16.6 Å². The van der Waals surface area contributed by atoms with Crippen molar-refractivity contribution in [3.63, 3.8) is 0 Å². The smallest absolute Gasteiger partial charge is 0.238 e. The number of ether oxygens (including phenoxy) is 2. The van der Waals surface area contributed by atoms with Crippen LogP contribution >= 0.6 is 11.8 Å². The average Bonchev–Trinajstić information content (AvgIpc) is 2.86. The zero-order chi connectivity index (χ0) is 21.3. The number of carbonyl (C=O) groups is 1. The third-order valence-electron chi connectivity index (χ3n) is 4.50. The molecule has 2 aromatic carbocycles. The molecule has 1 amide bonds. The van der Waals surface area contributed by atoms with Gasteiger partial charge in [-0.1, -0.05) is 11.8 Å². The lowest BCUT2D eigenvalue weighted by atomic mass is 10.2. The maximum absolute atomic E-state index is 12.4. The minimum atomic E-state index is -3.81. The standard InChI is InChI=1S/C19H20N4O5S2/c1-23-15-5-4-13(30(20,25)26)10-14(15)22-19(23)29-11-18(24)21-12-3-6-16-17(9-12)28-8-2-7-27-16/h3-6,9-10H,2,7-8,11H2,1H3,(H,21,24)(H2,20,25,26). The highest BCUT2D eigenvalue weighted by molar-refractivity contribution is 7.99. The molecule has 1 aliphatic rings. The topological polar surface area (TPSA) is 126 Å². The SMILES string of the molecule is Cn1c(SCC(=O)Nc2ccc3c(c2)OCCCO3)nc2cc(S(N)(=O)=O)ccc21. The maximum Gasteiger partial charge on any atom is 0.238 e. The van der Waals surface area contributed by atoms with Gasteiger partial charge in [-0.15, -0.1) is 0 Å². The lowest BCUT2D eigenvalue weighted by Gasteiger charge is -2.10. The Morgan fingerprint density at radius 3 is 2.73 bits per heavy atom. The molecule has 0 saturated carbocycles. The molecule has 2 heterocycles. The van der Waals surface area contributed by atoms with Gasteiger partial charge in [-0.3, -0.25) is 4.79 Å². The van der Waals surface area contributed by atoms with Crippen LogP contribution in [0.15, 0.2) is 46.5 Å². The van der Waals surface area contributed by atoms with Gasteiger partial charge in [0, 0.05) is 25.2 Å². The van der Waals surface area contributed by atoms with Crippen LogP contribution in [0.2, 0.25) is 0 Å². The Bertz CT molecular complexity index is 1220. The van der Waals surface area contributed by atoms with Crippen molar-refractivity contribution in [1.29, 1.82) is 0 Å². The van der Waals surface area contributed by atoms with Gasteiger partial charge in [-0.05, 0) is 30.3 Å². The summed E-state index contributed by atoms with van der Waals surface area (Å²) in [6.45, 7) is 1.17. The number of carbonyl (C=O) groups excluding carboxylic acids is 1. The number of benzene rings is 2. The number of amides is 1. The quantitative estimate of drug-likeness (QED) is 0.573. The Hall–Kier alpha value is -2.76. The number of imidazole rings is 1. The van der Waals surface area contributed by atoms with Crippen molar-refractivity contribution < 1.29 is 22.7 Å². The summed E-state index contributed by atoms with van der Waals surface area (Å²) in [4.78, 5) is 16.8. The number of aryl methyl sites for hydroxylation is 1. The van der Waals surface area contributed by atoms with Crippen molar-refractivity contribution in [2.45, 2.75) is 16.5 Å². The molecule has 3 N–H and O–H groups in total. The number of aromatic nitrogens is 2. The van der Waals surface area contributed by atoms with Gasteiger partial charge in [0.25, 0.3) is 0 Å². The summed E-state index contributed by atoms with van der Waals surface area (Å²) >= 11 is 1.25. The summed E-state index contributed by atoms with van der Waals surface area (Å²) < 4.78 is 36.1. The second kappa shape index (κ2) is 8.17. The number of nitrogens with two attached hydrogens (primary N) is 1. The lowest BCUT2D eigenvalue weighted by molar-refractivity contribution is -0.113. The van der Waals surface area contributed by atoms with Crippen LogP contribution < -0.4 is 19.9 Å². The van der Waals surface area contributed by atoms with E-state index in [1.165, 1.54) is 23.9 Å². The highest BCUT2D eigenvalue weighted by Gasteiger charge is 2.15. The normalized spacial score (nSPS) is 13.8. The first-order valence-corrected chi connectivity index (χ1v) is 11.7. The van der Waals surface area contributed by atoms with Gasteiger partial charge in [0.05, 0.1) is 34.9 Å². The Morgan fingerprint density at radius 1 is 1.20 bits per heavy atom. The molecule has 0 bridgehead atoms. The number of hydrogen-bond acceptors (Lipinski definition) is 7. The van der Waals surface area contributed by atoms with Crippen LogP contribution in [0.1, 0.15) is 6.42 Å². The number of rotatable bonds is 5. The molecule has 0 fully saturated rings. The number of sulfonamides is 1. The second-order valence-electron chi connectivity index (χ2n) is 6.70. The first-order valence-electron chi connectivity index (χ1n) is 9.13. The van der Waals surface area contributed by atoms with Crippen LogP contribution in [0.4, 0.5) is 5.69 Å². The van der Waals surface area contributed by atoms with Gasteiger partial charge in [-0.2, -0.15) is 0 Å². The molecule has 4 rings (SSSR count). The lowest BCUT2D eigenvalue weighted by Crippen LogP contribution is -2.14. The summed E-state index contributed by atoms with van der Waals surface area (Å²) in [5.41, 5.74) is 1.86. The Morgan fingerprint density at radius 2 is 1.97 bits per heavy atom. The largest absolute Gasteiger partial charge is 0.490 e. The van der Waals surface area contributed by atoms with Crippen LogP contribution in [-0.4, -0.2) is 42.8 Å². The molecule has 158 valence electrons. The van der Waals surface area contributed by atoms with Gasteiger partial charge in [-0.25, -0.2) is 18.5 Å². The highest BCUT2D eigenvalue weighted by Crippen LogP contribution is 2.32. The zero-order valence-corrected chi connectivity index (χ0v) is 17.8. The first-order chi connectivity index (χ1) is 14.3. The van der Waals surface area contributed by atoms with Crippen LogP contribution in [0.25, 0.3) is 11.0 Å². The van der Waals surface area contributed by atoms with E-state index < -0.39 is 10.0 Å². The van der Waals surface area contributed by atoms with Gasteiger partial charge >= 0.3 is 0 Å². The molecule has 0 radical (unpaired) electrons. The summed E-state index contributed by atoms with van der Waals surface area (Å²) in [5, 5.41) is 8.60. The van der Waals surface area contributed by atoms with E-state index in [1.54, 1.807) is 35.9 Å². The van der Waals surface area contributed by atoms with Gasteiger partial charge in [0.1, 0.15) is 0 Å². The fraction of sp³-hybridized carbons (Fsp3) is 0.263. The van der Waals surface area contributed by atoms with Gasteiger partial charge in [0.15, 0.2) is 16.7 Å². The molecular weight excluding hydrogens is 428 g/mol. The maximum atomic E-state index is 12.4. The summed E-state index contributed by atoms with van der Waals surface area (Å²) in [7, 11) is -2.00. The van der Waals surface area contributed by atoms with E-state index >= 15 is 0 Å². The van der Waals surface area contributed by atoms with E-state index in [1.807, 2.05) is 0 Å². The minimum absolute atomic E-state index is 0.00296. The second-order valence-corrected chi connectivity index (χ2v) is 9.20. The zero-order valence-electron chi connectivity index (χ0n) is 16.1. The number of nitrogens with one attached hydrogen (secondary N) is 1. The molecule has 3 aromatic rings. The van der Waals surface area contributed by atoms with Crippen molar-refractivity contribution in [3.05, 3.63) is 36.4 Å². The van der Waals surface area contributed by atoms with E-state index in [4.69, 9.17) is 14.6 Å². The molecule has 9 nitrogen and oxygen atoms in total. The Kier molecular flexibility index (Phi) is 5.58. The fourth-order valence-electron chi connectivity index (χ4n) is 3.03. The van der Waals surface area contributed by atoms with Crippen molar-refractivity contribution >= 4 is 44.4 Å². The molecule has 0 saturated heterocycles. The third kappa shape index (κ3) is 4.37. The molecule has 1 aliphatic heterocycles. The monoisotopic (exact) mass is 448 g/mol.